The molecule has 13 rings (SSSR count). The lowest BCUT2D eigenvalue weighted by Crippen LogP contribution is -2.01. The van der Waals surface area contributed by atoms with E-state index in [1.165, 1.54) is 65.5 Å². The third-order valence-electron chi connectivity index (χ3n) is 12.1. The van der Waals surface area contributed by atoms with Gasteiger partial charge in [0, 0.05) is 49.3 Å². The van der Waals surface area contributed by atoms with Crippen LogP contribution in [0, 0.1) is 0 Å². The minimum atomic E-state index is 0.644. The average molecular weight is 738 g/mol. The Hall–Kier alpha value is -7.89. The summed E-state index contributed by atoms with van der Waals surface area (Å²) in [6, 6.07) is 67.1. The van der Waals surface area contributed by atoms with E-state index >= 15 is 0 Å². The minimum Gasteiger partial charge on any atom is -0.309 e. The second-order valence-electron chi connectivity index (χ2n) is 15.1. The van der Waals surface area contributed by atoms with Gasteiger partial charge in [0.15, 0.2) is 17.5 Å². The fraction of sp³-hybridized carbons (Fsp3) is 0. The molecule has 58 heavy (non-hydrogen) atoms. The van der Waals surface area contributed by atoms with Crippen molar-refractivity contribution in [2.45, 2.75) is 0 Å². The van der Waals surface area contributed by atoms with Crippen LogP contribution in [0.3, 0.4) is 0 Å². The Balaban J connectivity index is 1.12. The van der Waals surface area contributed by atoms with Crippen LogP contribution in [-0.2, 0) is 0 Å². The highest BCUT2D eigenvalue weighted by Gasteiger charge is 2.28. The monoisotopic (exact) mass is 737 g/mol. The summed E-state index contributed by atoms with van der Waals surface area (Å²) >= 11 is 0. The molecule has 0 unspecified atom stereocenters. The van der Waals surface area contributed by atoms with Gasteiger partial charge in [0.05, 0.1) is 27.8 Å². The largest absolute Gasteiger partial charge is 0.309 e. The van der Waals surface area contributed by atoms with Gasteiger partial charge in [-0.2, -0.15) is 0 Å². The maximum Gasteiger partial charge on any atom is 0.164 e. The lowest BCUT2D eigenvalue weighted by atomic mass is 9.95. The summed E-state index contributed by atoms with van der Waals surface area (Å²) in [6.07, 6.45) is 0. The molecule has 9 aromatic carbocycles. The molecule has 0 spiro atoms. The topological polar surface area (TPSA) is 48.5 Å². The molecule has 0 N–H and O–H groups in total. The molecule has 0 aliphatic heterocycles. The van der Waals surface area contributed by atoms with Crippen molar-refractivity contribution in [3.8, 4) is 56.7 Å². The number of fused-ring (bicyclic) bond motifs is 2. The summed E-state index contributed by atoms with van der Waals surface area (Å²) < 4.78 is 4.93. The van der Waals surface area contributed by atoms with Crippen LogP contribution in [0.2, 0.25) is 0 Å². The molecule has 0 fully saturated rings. The van der Waals surface area contributed by atoms with E-state index in [2.05, 4.69) is 161 Å². The lowest BCUT2D eigenvalue weighted by molar-refractivity contribution is 1.08. The maximum atomic E-state index is 5.14. The van der Waals surface area contributed by atoms with E-state index in [0.717, 1.165) is 38.8 Å². The molecule has 0 saturated heterocycles. The van der Waals surface area contributed by atoms with E-state index in [1.54, 1.807) is 0 Å². The Bertz CT molecular complexity index is 3600. The average Bonchev–Trinajstić information content (AvgIpc) is 3.78. The number of hydrogen-bond acceptors (Lipinski definition) is 3. The van der Waals surface area contributed by atoms with E-state index in [-0.39, 0.29) is 0 Å². The first-order valence-electron chi connectivity index (χ1n) is 19.7. The van der Waals surface area contributed by atoms with Crippen molar-refractivity contribution in [3.05, 3.63) is 188 Å². The molecule has 0 amide bonds. The summed E-state index contributed by atoms with van der Waals surface area (Å²) in [5.74, 6) is 1.94. The summed E-state index contributed by atoms with van der Waals surface area (Å²) in [5, 5.41) is 9.97. The summed E-state index contributed by atoms with van der Waals surface area (Å²) in [4.78, 5) is 15.2. The van der Waals surface area contributed by atoms with Crippen LogP contribution in [0.4, 0.5) is 0 Å². The van der Waals surface area contributed by atoms with Crippen molar-refractivity contribution in [3.63, 3.8) is 0 Å². The zero-order chi connectivity index (χ0) is 37.9. The smallest absolute Gasteiger partial charge is 0.164 e. The zero-order valence-electron chi connectivity index (χ0n) is 31.1. The fourth-order valence-electron chi connectivity index (χ4n) is 9.68. The molecule has 0 saturated carbocycles. The van der Waals surface area contributed by atoms with E-state index < -0.39 is 0 Å². The van der Waals surface area contributed by atoms with Crippen LogP contribution >= 0.6 is 0 Å². The molecule has 1 aliphatic carbocycles. The summed E-state index contributed by atoms with van der Waals surface area (Å²) in [5.41, 5.74) is 12.5. The first-order chi connectivity index (χ1) is 28.8. The molecular weight excluding hydrogens is 707 g/mol. The highest BCUT2D eigenvalue weighted by atomic mass is 15.0. The predicted molar refractivity (Wildman–Crippen MR) is 239 cm³/mol. The number of rotatable bonds is 5. The number of benzene rings is 9. The Labute approximate surface area is 332 Å². The molecule has 0 radical (unpaired) electrons. The van der Waals surface area contributed by atoms with Gasteiger partial charge in [-0.25, -0.2) is 15.0 Å². The minimum absolute atomic E-state index is 0.644. The highest BCUT2D eigenvalue weighted by Crippen LogP contribution is 2.51. The van der Waals surface area contributed by atoms with Crippen molar-refractivity contribution < 1.29 is 0 Å². The number of para-hydroxylation sites is 1. The van der Waals surface area contributed by atoms with Crippen LogP contribution in [0.15, 0.2) is 188 Å². The van der Waals surface area contributed by atoms with E-state index in [0.29, 0.717) is 17.5 Å². The zero-order valence-corrected chi connectivity index (χ0v) is 31.1. The van der Waals surface area contributed by atoms with E-state index in [1.807, 2.05) is 36.4 Å². The van der Waals surface area contributed by atoms with Crippen LogP contribution in [0.25, 0.3) is 122 Å². The highest BCUT2D eigenvalue weighted by molar-refractivity contribution is 6.39. The standard InChI is InChI=1S/C53H31N5/c1-4-14-33(15-5-1)51-54-52(34-16-6-2-7-17-34)56-53(55-51)40-27-29-41(37-22-11-10-21-36(37)40)58-42-25-13-24-39-38-23-12-18-32-26-28-43-48(46(32)38)50-44(30-31-45(58)49(50)47(39)42)57(43)35-19-8-3-9-20-35/h1-31H. The van der Waals surface area contributed by atoms with Crippen molar-refractivity contribution in [1.29, 1.82) is 0 Å². The number of nitrogens with zero attached hydrogens (tertiary/aromatic N) is 5. The van der Waals surface area contributed by atoms with Gasteiger partial charge in [-0.1, -0.05) is 140 Å². The third kappa shape index (κ3) is 4.27. The van der Waals surface area contributed by atoms with Gasteiger partial charge in [-0.15, -0.1) is 0 Å². The van der Waals surface area contributed by atoms with Crippen molar-refractivity contribution >= 4 is 65.2 Å². The van der Waals surface area contributed by atoms with Crippen molar-refractivity contribution in [2.24, 2.45) is 0 Å². The predicted octanol–water partition coefficient (Wildman–Crippen LogP) is 13.4. The maximum absolute atomic E-state index is 5.14. The van der Waals surface area contributed by atoms with Crippen molar-refractivity contribution in [1.82, 2.24) is 24.1 Å². The van der Waals surface area contributed by atoms with Crippen LogP contribution < -0.4 is 0 Å². The van der Waals surface area contributed by atoms with Gasteiger partial charge >= 0.3 is 0 Å². The van der Waals surface area contributed by atoms with Crippen LogP contribution in [-0.4, -0.2) is 24.1 Å². The van der Waals surface area contributed by atoms with Crippen LogP contribution in [0.5, 0.6) is 0 Å². The molecule has 5 heteroatoms. The Morgan fingerprint density at radius 1 is 0.293 bits per heavy atom. The SMILES string of the molecule is c1ccc(-c2nc(-c3ccccc3)nc(-c3ccc(-n4c5cccc6c5c5c7c8c9c-6cccc9ccc8n(-c6ccccc6)c7ccc54)c4ccccc34)n2)cc1. The van der Waals surface area contributed by atoms with Gasteiger partial charge in [0.2, 0.25) is 0 Å². The normalized spacial score (nSPS) is 12.1. The molecular formula is C53H31N5. The summed E-state index contributed by atoms with van der Waals surface area (Å²) in [7, 11) is 0. The second-order valence-corrected chi connectivity index (χ2v) is 15.1. The molecule has 12 aromatic rings. The molecule has 5 nitrogen and oxygen atoms in total. The summed E-state index contributed by atoms with van der Waals surface area (Å²) in [6.45, 7) is 0. The van der Waals surface area contributed by atoms with Crippen LogP contribution in [0.1, 0.15) is 0 Å². The molecule has 1 aliphatic rings. The number of hydrogen-bond donors (Lipinski definition) is 0. The van der Waals surface area contributed by atoms with Gasteiger partial charge < -0.3 is 9.13 Å². The Morgan fingerprint density at radius 3 is 1.52 bits per heavy atom. The molecule has 3 aromatic heterocycles. The third-order valence-corrected chi connectivity index (χ3v) is 12.1. The first-order valence-corrected chi connectivity index (χ1v) is 19.7. The number of aromatic nitrogens is 5. The van der Waals surface area contributed by atoms with Crippen molar-refractivity contribution in [2.75, 3.05) is 0 Å². The van der Waals surface area contributed by atoms with E-state index in [4.69, 9.17) is 15.0 Å². The fourth-order valence-corrected chi connectivity index (χ4v) is 9.68. The van der Waals surface area contributed by atoms with Gasteiger partial charge in [-0.05, 0) is 75.8 Å². The molecule has 0 atom stereocenters. The van der Waals surface area contributed by atoms with E-state index in [9.17, 15) is 0 Å². The molecule has 0 bridgehead atoms. The lowest BCUT2D eigenvalue weighted by Gasteiger charge is -2.15. The quantitative estimate of drug-likeness (QED) is 0.177. The Morgan fingerprint density at radius 2 is 0.810 bits per heavy atom. The van der Waals surface area contributed by atoms with Gasteiger partial charge in [0.25, 0.3) is 0 Å². The first kappa shape index (κ1) is 31.3. The second kappa shape index (κ2) is 11.8. The van der Waals surface area contributed by atoms with Gasteiger partial charge in [-0.3, -0.25) is 0 Å². The molecule has 3 heterocycles. The van der Waals surface area contributed by atoms with Gasteiger partial charge in [0.1, 0.15) is 0 Å². The molecule has 268 valence electrons. The Kier molecular flexibility index (Phi) is 6.38.